The normalized spacial score (nSPS) is 18.1. The Bertz CT molecular complexity index is 461. The van der Waals surface area contributed by atoms with Gasteiger partial charge in [-0.2, -0.15) is 0 Å². The molecule has 5 nitrogen and oxygen atoms in total. The zero-order chi connectivity index (χ0) is 14.4. The predicted octanol–water partition coefficient (Wildman–Crippen LogP) is 1.35. The fourth-order valence-electron chi connectivity index (χ4n) is 2.41. The summed E-state index contributed by atoms with van der Waals surface area (Å²) in [6, 6.07) is 9.80. The smallest absolute Gasteiger partial charge is 0.314 e. The van der Waals surface area contributed by atoms with Crippen LogP contribution < -0.4 is 10.6 Å². The first-order chi connectivity index (χ1) is 9.69. The van der Waals surface area contributed by atoms with Crippen molar-refractivity contribution in [2.75, 3.05) is 19.6 Å². The van der Waals surface area contributed by atoms with Gasteiger partial charge in [0.2, 0.25) is 5.91 Å². The molecule has 108 valence electrons. The molecule has 2 N–H and O–H groups in total. The minimum absolute atomic E-state index is 0.163. The first-order valence-corrected chi connectivity index (χ1v) is 7.02. The molecule has 1 aromatic carbocycles. The number of likely N-dealkylation sites (tertiary alicyclic amines) is 1. The highest BCUT2D eigenvalue weighted by atomic mass is 16.2. The Labute approximate surface area is 119 Å². The summed E-state index contributed by atoms with van der Waals surface area (Å²) in [7, 11) is 0. The van der Waals surface area contributed by atoms with Gasteiger partial charge in [0.25, 0.3) is 0 Å². The van der Waals surface area contributed by atoms with Crippen molar-refractivity contribution in [1.82, 2.24) is 15.5 Å². The van der Waals surface area contributed by atoms with Crippen LogP contribution in [0.1, 0.15) is 18.9 Å². The molecule has 3 amide bonds. The van der Waals surface area contributed by atoms with Crippen LogP contribution in [0.15, 0.2) is 30.3 Å². The molecule has 0 bridgehead atoms. The number of carbonyl (C=O) groups excluding carboxylic acids is 2. The molecular formula is C15H21N3O2. The average molecular weight is 275 g/mol. The lowest BCUT2D eigenvalue weighted by Gasteiger charge is -2.17. The van der Waals surface area contributed by atoms with Gasteiger partial charge in [0.05, 0.1) is 0 Å². The summed E-state index contributed by atoms with van der Waals surface area (Å²) in [5.41, 5.74) is 1.14. The average Bonchev–Trinajstić information content (AvgIpc) is 2.79. The summed E-state index contributed by atoms with van der Waals surface area (Å²) in [4.78, 5) is 25.2. The number of benzene rings is 1. The Morgan fingerprint density at radius 3 is 2.75 bits per heavy atom. The minimum Gasteiger partial charge on any atom is -0.338 e. The monoisotopic (exact) mass is 275 g/mol. The molecule has 0 saturated carbocycles. The van der Waals surface area contributed by atoms with Crippen LogP contribution in [0, 0.1) is 5.92 Å². The van der Waals surface area contributed by atoms with Gasteiger partial charge < -0.3 is 15.5 Å². The molecule has 2 rings (SSSR count). The van der Waals surface area contributed by atoms with Crippen LogP contribution in [0.5, 0.6) is 0 Å². The third-order valence-electron chi connectivity index (χ3n) is 3.40. The van der Waals surface area contributed by atoms with Crippen LogP contribution in [-0.4, -0.2) is 36.5 Å². The van der Waals surface area contributed by atoms with E-state index in [1.54, 1.807) is 0 Å². The van der Waals surface area contributed by atoms with Crippen molar-refractivity contribution >= 4 is 11.9 Å². The van der Waals surface area contributed by atoms with Crippen molar-refractivity contribution in [2.45, 2.75) is 19.9 Å². The van der Waals surface area contributed by atoms with Crippen LogP contribution >= 0.6 is 0 Å². The van der Waals surface area contributed by atoms with Crippen molar-refractivity contribution in [3.8, 4) is 0 Å². The minimum atomic E-state index is -0.165. The molecule has 0 spiro atoms. The van der Waals surface area contributed by atoms with Crippen LogP contribution in [-0.2, 0) is 11.3 Å². The maximum Gasteiger partial charge on any atom is 0.314 e. The molecule has 1 saturated heterocycles. The summed E-state index contributed by atoms with van der Waals surface area (Å²) in [6.45, 7) is 4.39. The van der Waals surface area contributed by atoms with Crippen molar-refractivity contribution < 1.29 is 9.59 Å². The first-order valence-electron chi connectivity index (χ1n) is 7.02. The molecule has 1 aromatic rings. The first kappa shape index (κ1) is 14.4. The van der Waals surface area contributed by atoms with Crippen molar-refractivity contribution in [2.24, 2.45) is 5.92 Å². The van der Waals surface area contributed by atoms with E-state index in [0.29, 0.717) is 32.6 Å². The van der Waals surface area contributed by atoms with Crippen molar-refractivity contribution in [3.63, 3.8) is 0 Å². The Hall–Kier alpha value is -2.04. The zero-order valence-corrected chi connectivity index (χ0v) is 11.8. The Morgan fingerprint density at radius 2 is 2.05 bits per heavy atom. The number of hydrogen-bond acceptors (Lipinski definition) is 2. The number of carbonyl (C=O) groups is 2. The SMILES string of the molecule is CCNC(=O)NCC1CC(=O)N(Cc2ccccc2)C1. The van der Waals surface area contributed by atoms with Gasteiger partial charge in [-0.15, -0.1) is 0 Å². The summed E-state index contributed by atoms with van der Waals surface area (Å²) in [5.74, 6) is 0.366. The van der Waals surface area contributed by atoms with Crippen LogP contribution in [0.4, 0.5) is 4.79 Å². The zero-order valence-electron chi connectivity index (χ0n) is 11.8. The topological polar surface area (TPSA) is 61.4 Å². The number of hydrogen-bond donors (Lipinski definition) is 2. The van der Waals surface area contributed by atoms with E-state index in [2.05, 4.69) is 10.6 Å². The lowest BCUT2D eigenvalue weighted by atomic mass is 10.1. The van der Waals surface area contributed by atoms with Gasteiger partial charge in [-0.1, -0.05) is 30.3 Å². The van der Waals surface area contributed by atoms with E-state index in [1.165, 1.54) is 0 Å². The lowest BCUT2D eigenvalue weighted by molar-refractivity contribution is -0.128. The quantitative estimate of drug-likeness (QED) is 0.852. The van der Waals surface area contributed by atoms with Crippen LogP contribution in [0.25, 0.3) is 0 Å². The van der Waals surface area contributed by atoms with E-state index < -0.39 is 0 Å². The lowest BCUT2D eigenvalue weighted by Crippen LogP contribution is -2.38. The van der Waals surface area contributed by atoms with Gasteiger partial charge in [-0.3, -0.25) is 4.79 Å². The molecule has 1 atom stereocenters. The maximum atomic E-state index is 12.0. The van der Waals surface area contributed by atoms with E-state index in [4.69, 9.17) is 0 Å². The molecule has 0 aliphatic carbocycles. The van der Waals surface area contributed by atoms with Crippen molar-refractivity contribution in [3.05, 3.63) is 35.9 Å². The van der Waals surface area contributed by atoms with E-state index in [-0.39, 0.29) is 17.9 Å². The highest BCUT2D eigenvalue weighted by Crippen LogP contribution is 2.19. The summed E-state index contributed by atoms with van der Waals surface area (Å²) in [6.07, 6.45) is 0.513. The molecule has 1 unspecified atom stereocenters. The standard InChI is InChI=1S/C15H21N3O2/c1-2-16-15(20)17-9-13-8-14(19)18(11-13)10-12-6-4-3-5-7-12/h3-7,13H,2,8-11H2,1H3,(H2,16,17,20). The van der Waals surface area contributed by atoms with Gasteiger partial charge in [-0.25, -0.2) is 4.79 Å². The number of nitrogens with zero attached hydrogens (tertiary/aromatic N) is 1. The Balaban J connectivity index is 1.80. The second kappa shape index (κ2) is 6.93. The maximum absolute atomic E-state index is 12.0. The van der Waals surface area contributed by atoms with E-state index in [9.17, 15) is 9.59 Å². The summed E-state index contributed by atoms with van der Waals surface area (Å²) < 4.78 is 0. The largest absolute Gasteiger partial charge is 0.338 e. The van der Waals surface area contributed by atoms with Crippen LogP contribution in [0.3, 0.4) is 0 Å². The second-order valence-electron chi connectivity index (χ2n) is 5.07. The molecule has 1 fully saturated rings. The highest BCUT2D eigenvalue weighted by Gasteiger charge is 2.29. The Morgan fingerprint density at radius 1 is 1.30 bits per heavy atom. The molecule has 0 radical (unpaired) electrons. The van der Waals surface area contributed by atoms with Crippen LogP contribution in [0.2, 0.25) is 0 Å². The Kier molecular flexibility index (Phi) is 4.98. The molecule has 5 heteroatoms. The fourth-order valence-corrected chi connectivity index (χ4v) is 2.41. The molecule has 20 heavy (non-hydrogen) atoms. The van der Waals surface area contributed by atoms with E-state index >= 15 is 0 Å². The third kappa shape index (κ3) is 3.98. The fraction of sp³-hybridized carbons (Fsp3) is 0.467. The van der Waals surface area contributed by atoms with Gasteiger partial charge in [-0.05, 0) is 12.5 Å². The van der Waals surface area contributed by atoms with Gasteiger partial charge in [0.1, 0.15) is 0 Å². The van der Waals surface area contributed by atoms with Gasteiger partial charge >= 0.3 is 6.03 Å². The summed E-state index contributed by atoms with van der Waals surface area (Å²) >= 11 is 0. The summed E-state index contributed by atoms with van der Waals surface area (Å²) in [5, 5.41) is 5.48. The third-order valence-corrected chi connectivity index (χ3v) is 3.40. The number of rotatable bonds is 5. The molecule has 1 aliphatic heterocycles. The highest BCUT2D eigenvalue weighted by molar-refractivity contribution is 5.79. The molecule has 0 aromatic heterocycles. The number of nitrogens with one attached hydrogen (secondary N) is 2. The second-order valence-corrected chi connectivity index (χ2v) is 5.07. The van der Waals surface area contributed by atoms with E-state index in [1.807, 2.05) is 42.2 Å². The molecule has 1 heterocycles. The number of urea groups is 1. The van der Waals surface area contributed by atoms with E-state index in [0.717, 1.165) is 5.56 Å². The molecular weight excluding hydrogens is 254 g/mol. The molecule has 1 aliphatic rings. The predicted molar refractivity (Wildman–Crippen MR) is 77.0 cm³/mol. The van der Waals surface area contributed by atoms with Gasteiger partial charge in [0, 0.05) is 38.5 Å². The van der Waals surface area contributed by atoms with Gasteiger partial charge in [0.15, 0.2) is 0 Å². The van der Waals surface area contributed by atoms with Crippen molar-refractivity contribution in [1.29, 1.82) is 0 Å². The number of amides is 3.